The largest absolute Gasteiger partial charge is 0.497 e. The summed E-state index contributed by atoms with van der Waals surface area (Å²) in [5.74, 6) is -6.73. The van der Waals surface area contributed by atoms with Gasteiger partial charge in [0.1, 0.15) is 5.75 Å². The number of methoxy groups -OCH3 is 1. The number of likely N-dealkylation sites (tertiary alicyclic amines) is 1. The Morgan fingerprint density at radius 2 is 1.17 bits per heavy atom. The van der Waals surface area contributed by atoms with Gasteiger partial charge < -0.3 is 24.8 Å². The number of piperidine rings is 1. The van der Waals surface area contributed by atoms with Crippen molar-refractivity contribution in [2.24, 2.45) is 5.92 Å². The van der Waals surface area contributed by atoms with Crippen LogP contribution in [-0.4, -0.2) is 113 Å². The van der Waals surface area contributed by atoms with E-state index in [2.05, 4.69) is 39.0 Å². The number of carbonyl (C=O) groups is 3. The number of benzene rings is 1. The lowest BCUT2D eigenvalue weighted by atomic mass is 9.93. The Balaban J connectivity index is 0.000000448. The number of pyridine rings is 1. The smallest absolute Gasteiger partial charge is 0.490 e. The summed E-state index contributed by atoms with van der Waals surface area (Å²) in [6, 6.07) is 12.6. The van der Waals surface area contributed by atoms with E-state index in [0.717, 1.165) is 51.6 Å². The van der Waals surface area contributed by atoms with Gasteiger partial charge in [0.15, 0.2) is 0 Å². The third-order valence-corrected chi connectivity index (χ3v) is 6.46. The minimum atomic E-state index is -5.08. The Labute approximate surface area is 267 Å². The summed E-state index contributed by atoms with van der Waals surface area (Å²) < 4.78 is 107. The number of aromatic nitrogens is 1. The number of carboxylic acids is 3. The van der Waals surface area contributed by atoms with Crippen LogP contribution < -0.4 is 4.74 Å². The Kier molecular flexibility index (Phi) is 16.6. The average Bonchev–Trinajstić information content (AvgIpc) is 3.19. The second kappa shape index (κ2) is 19.0. The molecule has 2 fully saturated rings. The number of hydrogen-bond acceptors (Lipinski definition) is 8. The first-order valence-corrected chi connectivity index (χ1v) is 13.6. The third-order valence-electron chi connectivity index (χ3n) is 6.46. The van der Waals surface area contributed by atoms with Gasteiger partial charge in [0.25, 0.3) is 0 Å². The highest BCUT2D eigenvalue weighted by Crippen LogP contribution is 2.26. The van der Waals surface area contributed by atoms with E-state index in [1.54, 1.807) is 7.11 Å². The van der Waals surface area contributed by atoms with Crippen LogP contribution in [0.25, 0.3) is 0 Å². The summed E-state index contributed by atoms with van der Waals surface area (Å²) in [6.45, 7) is 7.10. The molecule has 0 unspecified atom stereocenters. The number of aliphatic carboxylic acids is 3. The molecular weight excluding hydrogens is 677 g/mol. The Bertz CT molecular complexity index is 1220. The summed E-state index contributed by atoms with van der Waals surface area (Å²) in [5.41, 5.74) is 2.67. The van der Waals surface area contributed by atoms with Gasteiger partial charge in [-0.1, -0.05) is 12.1 Å². The molecule has 3 N–H and O–H groups in total. The van der Waals surface area contributed by atoms with E-state index in [1.165, 1.54) is 17.5 Å². The molecule has 0 aliphatic carbocycles. The fourth-order valence-electron chi connectivity index (χ4n) is 4.21. The fraction of sp³-hybridized carbons (Fsp3) is 0.500. The lowest BCUT2D eigenvalue weighted by molar-refractivity contribution is -0.193. The van der Waals surface area contributed by atoms with Crippen LogP contribution in [0.15, 0.2) is 48.8 Å². The van der Waals surface area contributed by atoms with Crippen molar-refractivity contribution in [3.63, 3.8) is 0 Å². The van der Waals surface area contributed by atoms with Crippen molar-refractivity contribution < 1.29 is 78.7 Å². The second-order valence-corrected chi connectivity index (χ2v) is 10.0. The Morgan fingerprint density at radius 3 is 1.58 bits per heavy atom. The van der Waals surface area contributed by atoms with E-state index in [0.29, 0.717) is 12.0 Å². The molecule has 2 aromatic rings. The predicted octanol–water partition coefficient (Wildman–Crippen LogP) is 4.71. The minimum Gasteiger partial charge on any atom is -0.497 e. The maximum Gasteiger partial charge on any atom is 0.490 e. The number of carboxylic acid groups (broad SMARTS) is 3. The number of ether oxygens (including phenoxy) is 2. The molecule has 4 rings (SSSR count). The van der Waals surface area contributed by atoms with Crippen LogP contribution in [0.1, 0.15) is 17.5 Å². The number of halogens is 9. The van der Waals surface area contributed by atoms with Gasteiger partial charge in [-0.2, -0.15) is 39.5 Å². The van der Waals surface area contributed by atoms with Gasteiger partial charge in [0.05, 0.1) is 19.8 Å². The lowest BCUT2D eigenvalue weighted by Crippen LogP contribution is -2.46. The maximum atomic E-state index is 10.6. The molecule has 11 nitrogen and oxygen atoms in total. The summed E-state index contributed by atoms with van der Waals surface area (Å²) in [5, 5.41) is 21.4. The van der Waals surface area contributed by atoms with Crippen LogP contribution in [0.3, 0.4) is 0 Å². The number of alkyl halides is 9. The molecule has 20 heteroatoms. The topological polar surface area (TPSA) is 150 Å². The van der Waals surface area contributed by atoms with Crippen molar-refractivity contribution in [2.75, 3.05) is 39.9 Å². The summed E-state index contributed by atoms with van der Waals surface area (Å²) in [4.78, 5) is 35.9. The molecule has 0 bridgehead atoms. The number of rotatable bonds is 5. The molecule has 48 heavy (non-hydrogen) atoms. The molecule has 270 valence electrons. The van der Waals surface area contributed by atoms with Crippen LogP contribution in [0.5, 0.6) is 5.75 Å². The molecule has 2 atom stereocenters. The highest BCUT2D eigenvalue weighted by molar-refractivity contribution is 5.73. The first-order valence-electron chi connectivity index (χ1n) is 13.6. The minimum absolute atomic E-state index is 0.347. The van der Waals surface area contributed by atoms with E-state index >= 15 is 0 Å². The second-order valence-electron chi connectivity index (χ2n) is 10.0. The average molecular weight is 710 g/mol. The van der Waals surface area contributed by atoms with Crippen LogP contribution in [0.2, 0.25) is 0 Å². The highest BCUT2D eigenvalue weighted by Gasteiger charge is 2.39. The quantitative estimate of drug-likeness (QED) is 0.371. The van der Waals surface area contributed by atoms with Gasteiger partial charge in [0, 0.05) is 51.0 Å². The summed E-state index contributed by atoms with van der Waals surface area (Å²) in [7, 11) is 1.71. The maximum absolute atomic E-state index is 10.6. The van der Waals surface area contributed by atoms with Crippen LogP contribution in [0, 0.1) is 5.92 Å². The standard InChI is InChI=1S/C22H29N3O2.3C2HF3O2/c1-26-21-4-2-18(3-5-21)14-24-11-8-20-16-25(12-13-27-22(20)17-24)15-19-6-9-23-10-7-19;3*3-2(4,5)1(6)7/h2-7,9-10,20,22H,8,11-17H2,1H3;3*(H,6,7)/t20-,22-;;;/m1.../s1. The van der Waals surface area contributed by atoms with Gasteiger partial charge in [0.2, 0.25) is 0 Å². The fourth-order valence-corrected chi connectivity index (χ4v) is 4.21. The normalized spacial score (nSPS) is 18.5. The van der Waals surface area contributed by atoms with Crippen molar-refractivity contribution in [1.82, 2.24) is 14.8 Å². The molecule has 2 saturated heterocycles. The first kappa shape index (κ1) is 41.9. The van der Waals surface area contributed by atoms with Crippen LogP contribution >= 0.6 is 0 Å². The van der Waals surface area contributed by atoms with Crippen LogP contribution in [-0.2, 0) is 32.2 Å². The number of nitrogens with zero attached hydrogens (tertiary/aromatic N) is 3. The van der Waals surface area contributed by atoms with Gasteiger partial charge in [-0.15, -0.1) is 0 Å². The SMILES string of the molecule is COc1ccc(CN2CC[C@@H]3CN(Cc4ccncc4)CCO[C@@H]3C2)cc1.O=C(O)C(F)(F)F.O=C(O)C(F)(F)F.O=C(O)C(F)(F)F. The third kappa shape index (κ3) is 16.6. The molecule has 0 radical (unpaired) electrons. The molecule has 0 amide bonds. The van der Waals surface area contributed by atoms with Crippen molar-refractivity contribution >= 4 is 17.9 Å². The van der Waals surface area contributed by atoms with E-state index in [9.17, 15) is 39.5 Å². The van der Waals surface area contributed by atoms with E-state index in [4.69, 9.17) is 39.2 Å². The van der Waals surface area contributed by atoms with Crippen molar-refractivity contribution in [3.8, 4) is 5.75 Å². The zero-order valence-corrected chi connectivity index (χ0v) is 25.1. The molecule has 0 saturated carbocycles. The molecule has 1 aromatic heterocycles. The molecule has 0 spiro atoms. The molecule has 2 aliphatic heterocycles. The zero-order valence-electron chi connectivity index (χ0n) is 25.1. The lowest BCUT2D eigenvalue weighted by Gasteiger charge is -2.38. The van der Waals surface area contributed by atoms with Crippen molar-refractivity contribution in [3.05, 3.63) is 59.9 Å². The molecular formula is C28H32F9N3O8. The molecule has 1 aromatic carbocycles. The van der Waals surface area contributed by atoms with E-state index in [1.807, 2.05) is 24.5 Å². The van der Waals surface area contributed by atoms with Gasteiger partial charge >= 0.3 is 36.4 Å². The summed E-state index contributed by atoms with van der Waals surface area (Å²) in [6.07, 6.45) is -9.94. The number of hydrogen-bond donors (Lipinski definition) is 3. The van der Waals surface area contributed by atoms with Crippen LogP contribution in [0.4, 0.5) is 39.5 Å². The van der Waals surface area contributed by atoms with Gasteiger partial charge in [-0.25, -0.2) is 14.4 Å². The Morgan fingerprint density at radius 1 is 0.750 bits per heavy atom. The van der Waals surface area contributed by atoms with Gasteiger partial charge in [-0.05, 0) is 48.4 Å². The van der Waals surface area contributed by atoms with Crippen molar-refractivity contribution in [2.45, 2.75) is 44.1 Å². The van der Waals surface area contributed by atoms with Crippen molar-refractivity contribution in [1.29, 1.82) is 0 Å². The predicted molar refractivity (Wildman–Crippen MR) is 147 cm³/mol. The zero-order chi connectivity index (χ0) is 36.7. The van der Waals surface area contributed by atoms with E-state index < -0.39 is 36.4 Å². The first-order chi connectivity index (χ1) is 22.1. The monoisotopic (exact) mass is 709 g/mol. The number of fused-ring (bicyclic) bond motifs is 1. The molecule has 2 aliphatic rings. The highest BCUT2D eigenvalue weighted by atomic mass is 19.4. The van der Waals surface area contributed by atoms with Gasteiger partial charge in [-0.3, -0.25) is 14.8 Å². The summed E-state index contributed by atoms with van der Waals surface area (Å²) >= 11 is 0. The molecule has 3 heterocycles. The van der Waals surface area contributed by atoms with E-state index in [-0.39, 0.29) is 0 Å². The Hall–Kier alpha value is -4.17.